The summed E-state index contributed by atoms with van der Waals surface area (Å²) >= 11 is 0. The van der Waals surface area contributed by atoms with Crippen LogP contribution < -0.4 is 19.5 Å². The molecule has 2 aromatic carbocycles. The van der Waals surface area contributed by atoms with E-state index in [1.165, 1.54) is 26.4 Å². The summed E-state index contributed by atoms with van der Waals surface area (Å²) in [6.45, 7) is 1.73. The predicted molar refractivity (Wildman–Crippen MR) is 124 cm³/mol. The third-order valence-electron chi connectivity index (χ3n) is 5.46. The fourth-order valence-corrected chi connectivity index (χ4v) is 4.98. The molecule has 0 atom stereocenters. The number of carbonyl (C=O) groups is 2. The van der Waals surface area contributed by atoms with E-state index in [1.54, 1.807) is 37.3 Å². The zero-order chi connectivity index (χ0) is 24.5. The molecule has 1 aliphatic rings. The number of aromatic nitrogens is 2. The Bertz CT molecular complexity index is 1380. The second-order valence-electron chi connectivity index (χ2n) is 7.70. The van der Waals surface area contributed by atoms with Crippen molar-refractivity contribution in [3.8, 4) is 22.6 Å². The molecule has 1 amide bonds. The molecule has 0 unspecified atom stereocenters. The number of hydrogen-bond acceptors (Lipinski definition) is 7. The average Bonchev–Trinajstić information content (AvgIpc) is 3.09. The van der Waals surface area contributed by atoms with Crippen LogP contribution in [0.5, 0.6) is 11.5 Å². The molecule has 11 heteroatoms. The second-order valence-corrected chi connectivity index (χ2v) is 9.44. The number of amides is 1. The van der Waals surface area contributed by atoms with Gasteiger partial charge in [-0.1, -0.05) is 18.2 Å². The fraction of sp³-hybridized carbons (Fsp3) is 0.261. The Morgan fingerprint density at radius 3 is 2.62 bits per heavy atom. The number of rotatable bonds is 7. The van der Waals surface area contributed by atoms with E-state index in [0.717, 1.165) is 10.2 Å². The van der Waals surface area contributed by atoms with Crippen LogP contribution in [0.3, 0.4) is 0 Å². The maximum Gasteiger partial charge on any atom is 0.249 e. The van der Waals surface area contributed by atoms with Crippen LogP contribution in [0.2, 0.25) is 0 Å². The van der Waals surface area contributed by atoms with Crippen LogP contribution in [-0.4, -0.2) is 44.2 Å². The van der Waals surface area contributed by atoms with Crippen molar-refractivity contribution >= 4 is 27.7 Å². The van der Waals surface area contributed by atoms with E-state index in [-0.39, 0.29) is 47.7 Å². The Morgan fingerprint density at radius 2 is 1.88 bits per heavy atom. The highest BCUT2D eigenvalue weighted by Crippen LogP contribution is 2.36. The molecule has 3 aromatic rings. The maximum atomic E-state index is 13.2. The molecule has 2 N–H and O–H groups in total. The molecular formula is C23H24N4O6S. The summed E-state index contributed by atoms with van der Waals surface area (Å²) in [6, 6.07) is 11.7. The number of fused-ring (bicyclic) bond motifs is 1. The molecule has 0 spiro atoms. The third kappa shape index (κ3) is 4.52. The molecule has 4 rings (SSSR count). The van der Waals surface area contributed by atoms with Crippen molar-refractivity contribution in [3.63, 3.8) is 0 Å². The first kappa shape index (κ1) is 23.5. The Hall–Kier alpha value is -3.70. The number of anilines is 1. The fourth-order valence-electron chi connectivity index (χ4n) is 3.77. The van der Waals surface area contributed by atoms with E-state index >= 15 is 0 Å². The van der Waals surface area contributed by atoms with Crippen molar-refractivity contribution in [2.45, 2.75) is 31.2 Å². The van der Waals surface area contributed by atoms with Gasteiger partial charge in [-0.25, -0.2) is 13.1 Å². The number of benzene rings is 2. The molecule has 0 saturated heterocycles. The SMILES string of the molecule is COc1cccc(CNS(=O)(=O)c2cc(-c3c(C)nn4c3NC(=O)CCC4=O)ccc2OC)c1. The van der Waals surface area contributed by atoms with Gasteiger partial charge in [-0.2, -0.15) is 9.78 Å². The van der Waals surface area contributed by atoms with Crippen molar-refractivity contribution in [3.05, 3.63) is 53.7 Å². The lowest BCUT2D eigenvalue weighted by molar-refractivity contribution is -0.116. The van der Waals surface area contributed by atoms with E-state index < -0.39 is 10.0 Å². The van der Waals surface area contributed by atoms with Crippen LogP contribution >= 0.6 is 0 Å². The van der Waals surface area contributed by atoms with Gasteiger partial charge < -0.3 is 14.8 Å². The summed E-state index contributed by atoms with van der Waals surface area (Å²) in [6.07, 6.45) is 0.0902. The first-order chi connectivity index (χ1) is 16.2. The highest BCUT2D eigenvalue weighted by atomic mass is 32.2. The predicted octanol–water partition coefficient (Wildman–Crippen LogP) is 2.73. The zero-order valence-corrected chi connectivity index (χ0v) is 19.7. The van der Waals surface area contributed by atoms with Gasteiger partial charge in [0.2, 0.25) is 21.8 Å². The number of aryl methyl sites for hydroxylation is 1. The summed E-state index contributed by atoms with van der Waals surface area (Å²) in [4.78, 5) is 24.5. The Morgan fingerprint density at radius 1 is 1.09 bits per heavy atom. The van der Waals surface area contributed by atoms with Gasteiger partial charge in [0.15, 0.2) is 0 Å². The molecule has 0 saturated carbocycles. The second kappa shape index (κ2) is 9.27. The number of carbonyl (C=O) groups excluding carboxylic acids is 2. The van der Waals surface area contributed by atoms with Crippen LogP contribution in [0.4, 0.5) is 5.82 Å². The van der Waals surface area contributed by atoms with Crippen LogP contribution in [0.1, 0.15) is 28.9 Å². The van der Waals surface area contributed by atoms with E-state index in [4.69, 9.17) is 9.47 Å². The summed E-state index contributed by atoms with van der Waals surface area (Å²) in [5.74, 6) is 0.365. The Labute approximate surface area is 196 Å². The maximum absolute atomic E-state index is 13.2. The molecule has 1 aromatic heterocycles. The van der Waals surface area contributed by atoms with Crippen molar-refractivity contribution in [1.29, 1.82) is 0 Å². The summed E-state index contributed by atoms with van der Waals surface area (Å²) in [5, 5.41) is 6.99. The van der Waals surface area contributed by atoms with Crippen LogP contribution in [0, 0.1) is 6.92 Å². The van der Waals surface area contributed by atoms with E-state index in [1.807, 2.05) is 0 Å². The van der Waals surface area contributed by atoms with Crippen molar-refractivity contribution < 1.29 is 27.5 Å². The molecule has 34 heavy (non-hydrogen) atoms. The van der Waals surface area contributed by atoms with Gasteiger partial charge in [-0.05, 0) is 42.3 Å². The summed E-state index contributed by atoms with van der Waals surface area (Å²) < 4.78 is 40.7. The van der Waals surface area contributed by atoms with Gasteiger partial charge in [-0.3, -0.25) is 9.59 Å². The quantitative estimate of drug-likeness (QED) is 0.528. The molecule has 0 radical (unpaired) electrons. The molecule has 1 aliphatic heterocycles. The molecule has 0 bridgehead atoms. The zero-order valence-electron chi connectivity index (χ0n) is 18.9. The number of hydrogen-bond donors (Lipinski definition) is 2. The van der Waals surface area contributed by atoms with Crippen molar-refractivity contribution in [2.75, 3.05) is 19.5 Å². The lowest BCUT2D eigenvalue weighted by Gasteiger charge is -2.14. The minimum Gasteiger partial charge on any atom is -0.497 e. The number of nitrogens with one attached hydrogen (secondary N) is 2. The lowest BCUT2D eigenvalue weighted by Crippen LogP contribution is -2.24. The van der Waals surface area contributed by atoms with Crippen molar-refractivity contribution in [1.82, 2.24) is 14.5 Å². The van der Waals surface area contributed by atoms with Crippen molar-refractivity contribution in [2.24, 2.45) is 0 Å². The van der Waals surface area contributed by atoms with Gasteiger partial charge >= 0.3 is 0 Å². The standard InChI is InChI=1S/C23H24N4O6S/c1-14-22(23-25-20(28)9-10-21(29)27(23)26-14)16-7-8-18(33-3)19(12-16)34(30,31)24-13-15-5-4-6-17(11-15)32-2/h4-8,11-12,24H,9-10,13H2,1-3H3,(H,25,28). The third-order valence-corrected chi connectivity index (χ3v) is 6.89. The first-order valence-electron chi connectivity index (χ1n) is 10.5. The normalized spacial score (nSPS) is 13.7. The lowest BCUT2D eigenvalue weighted by atomic mass is 10.1. The van der Waals surface area contributed by atoms with Gasteiger partial charge in [0, 0.05) is 24.9 Å². The number of methoxy groups -OCH3 is 2. The highest BCUT2D eigenvalue weighted by molar-refractivity contribution is 7.89. The Balaban J connectivity index is 1.73. The van der Waals surface area contributed by atoms with Gasteiger partial charge in [0.05, 0.1) is 19.9 Å². The first-order valence-corrected chi connectivity index (χ1v) is 12.0. The van der Waals surface area contributed by atoms with Crippen LogP contribution in [0.25, 0.3) is 11.1 Å². The van der Waals surface area contributed by atoms with E-state index in [9.17, 15) is 18.0 Å². The van der Waals surface area contributed by atoms with Gasteiger partial charge in [0.1, 0.15) is 22.2 Å². The molecule has 178 valence electrons. The summed E-state index contributed by atoms with van der Waals surface area (Å²) in [7, 11) is -1.08. The van der Waals surface area contributed by atoms with E-state index in [0.29, 0.717) is 22.6 Å². The van der Waals surface area contributed by atoms with E-state index in [2.05, 4.69) is 15.1 Å². The van der Waals surface area contributed by atoms with Crippen LogP contribution in [0.15, 0.2) is 47.4 Å². The number of nitrogens with zero attached hydrogens (tertiary/aromatic N) is 2. The minimum absolute atomic E-state index is 0.0375. The minimum atomic E-state index is -3.99. The monoisotopic (exact) mass is 484 g/mol. The number of sulfonamides is 1. The van der Waals surface area contributed by atoms with Gasteiger partial charge in [-0.15, -0.1) is 0 Å². The average molecular weight is 485 g/mol. The number of ether oxygens (including phenoxy) is 2. The molecule has 0 aliphatic carbocycles. The summed E-state index contributed by atoms with van der Waals surface area (Å²) in [5.41, 5.74) is 2.13. The van der Waals surface area contributed by atoms with Gasteiger partial charge in [0.25, 0.3) is 0 Å². The Kier molecular flexibility index (Phi) is 6.40. The smallest absolute Gasteiger partial charge is 0.249 e. The molecule has 2 heterocycles. The topological polar surface area (TPSA) is 129 Å². The molecular weight excluding hydrogens is 460 g/mol. The largest absolute Gasteiger partial charge is 0.497 e. The highest BCUT2D eigenvalue weighted by Gasteiger charge is 2.28. The molecule has 10 nitrogen and oxygen atoms in total. The molecule has 0 fully saturated rings. The van der Waals surface area contributed by atoms with Crippen LogP contribution in [-0.2, 0) is 21.4 Å².